The summed E-state index contributed by atoms with van der Waals surface area (Å²) in [5.74, 6) is -0.357. The average Bonchev–Trinajstić information content (AvgIpc) is 2.46. The van der Waals surface area contributed by atoms with Crippen LogP contribution >= 0.6 is 0 Å². The van der Waals surface area contributed by atoms with E-state index >= 15 is 0 Å². The van der Waals surface area contributed by atoms with Crippen molar-refractivity contribution in [3.05, 3.63) is 66.0 Å². The lowest BCUT2D eigenvalue weighted by molar-refractivity contribution is -0.149. The molecule has 0 N–H and O–H groups in total. The van der Waals surface area contributed by atoms with Crippen molar-refractivity contribution in [2.24, 2.45) is 0 Å². The maximum Gasteiger partial charge on any atom is 0.351 e. The first-order valence-electron chi connectivity index (χ1n) is 5.75. The van der Waals surface area contributed by atoms with Crippen LogP contribution in [0, 0.1) is 5.82 Å². The van der Waals surface area contributed by atoms with Gasteiger partial charge in [-0.2, -0.15) is 0 Å². The maximum absolute atomic E-state index is 12.9. The SMILES string of the molecule is COC(=O)C(Oc1ccccc1)c1ccc(F)cc1. The number of carbonyl (C=O) groups is 1. The summed E-state index contributed by atoms with van der Waals surface area (Å²) in [5, 5.41) is 0. The van der Waals surface area contributed by atoms with Crippen molar-refractivity contribution in [2.75, 3.05) is 7.11 Å². The molecule has 0 aromatic heterocycles. The van der Waals surface area contributed by atoms with Crippen molar-refractivity contribution in [2.45, 2.75) is 6.10 Å². The molecule has 0 amide bonds. The Morgan fingerprint density at radius 3 is 2.26 bits per heavy atom. The summed E-state index contributed by atoms with van der Waals surface area (Å²) in [6, 6.07) is 14.5. The highest BCUT2D eigenvalue weighted by Crippen LogP contribution is 2.23. The van der Waals surface area contributed by atoms with Crippen LogP contribution in [-0.4, -0.2) is 13.1 Å². The molecule has 0 aliphatic rings. The molecule has 2 aromatic rings. The zero-order valence-electron chi connectivity index (χ0n) is 10.4. The van der Waals surface area contributed by atoms with Crippen molar-refractivity contribution in [3.63, 3.8) is 0 Å². The Balaban J connectivity index is 2.26. The first-order valence-corrected chi connectivity index (χ1v) is 5.75. The van der Waals surface area contributed by atoms with Crippen LogP contribution in [0.15, 0.2) is 54.6 Å². The van der Waals surface area contributed by atoms with E-state index in [0.717, 1.165) is 0 Å². The van der Waals surface area contributed by atoms with Crippen LogP contribution in [-0.2, 0) is 9.53 Å². The standard InChI is InChI=1S/C15H13FO3/c1-18-15(17)14(11-7-9-12(16)10-8-11)19-13-5-3-2-4-6-13/h2-10,14H,1H3. The van der Waals surface area contributed by atoms with E-state index in [0.29, 0.717) is 11.3 Å². The molecule has 0 aliphatic carbocycles. The molecule has 3 nitrogen and oxygen atoms in total. The molecule has 0 heterocycles. The molecular formula is C15H13FO3. The topological polar surface area (TPSA) is 35.5 Å². The minimum absolute atomic E-state index is 0.368. The number of methoxy groups -OCH3 is 1. The number of benzene rings is 2. The minimum atomic E-state index is -0.909. The summed E-state index contributed by atoms with van der Waals surface area (Å²) in [5.41, 5.74) is 0.539. The van der Waals surface area contributed by atoms with Gasteiger partial charge in [-0.25, -0.2) is 9.18 Å². The molecule has 0 saturated heterocycles. The molecule has 0 aliphatic heterocycles. The van der Waals surface area contributed by atoms with Gasteiger partial charge in [0.05, 0.1) is 7.11 Å². The van der Waals surface area contributed by atoms with Crippen molar-refractivity contribution in [1.82, 2.24) is 0 Å². The zero-order valence-corrected chi connectivity index (χ0v) is 10.4. The van der Waals surface area contributed by atoms with Crippen LogP contribution in [0.4, 0.5) is 4.39 Å². The van der Waals surface area contributed by atoms with Gasteiger partial charge in [0.2, 0.25) is 6.10 Å². The number of ether oxygens (including phenoxy) is 2. The Hall–Kier alpha value is -2.36. The van der Waals surface area contributed by atoms with Gasteiger partial charge in [0.1, 0.15) is 11.6 Å². The van der Waals surface area contributed by atoms with Gasteiger partial charge in [-0.3, -0.25) is 0 Å². The van der Waals surface area contributed by atoms with Crippen LogP contribution in [0.2, 0.25) is 0 Å². The summed E-state index contributed by atoms with van der Waals surface area (Å²) in [6.07, 6.45) is -0.909. The van der Waals surface area contributed by atoms with Gasteiger partial charge >= 0.3 is 5.97 Å². The van der Waals surface area contributed by atoms with Gasteiger partial charge < -0.3 is 9.47 Å². The van der Waals surface area contributed by atoms with E-state index in [1.54, 1.807) is 24.3 Å². The Morgan fingerprint density at radius 1 is 1.05 bits per heavy atom. The van der Waals surface area contributed by atoms with Gasteiger partial charge in [-0.05, 0) is 24.3 Å². The van der Waals surface area contributed by atoms with Gasteiger partial charge in [-0.15, -0.1) is 0 Å². The first kappa shape index (κ1) is 13.1. The lowest BCUT2D eigenvalue weighted by Gasteiger charge is -2.17. The number of hydrogen-bond donors (Lipinski definition) is 0. The second-order valence-electron chi connectivity index (χ2n) is 3.89. The third-order valence-electron chi connectivity index (χ3n) is 2.59. The van der Waals surface area contributed by atoms with Crippen molar-refractivity contribution < 1.29 is 18.7 Å². The maximum atomic E-state index is 12.9. The summed E-state index contributed by atoms with van der Waals surface area (Å²) >= 11 is 0. The molecule has 2 rings (SSSR count). The molecule has 0 radical (unpaired) electrons. The Morgan fingerprint density at radius 2 is 1.68 bits per heavy atom. The Kier molecular flexibility index (Phi) is 4.13. The van der Waals surface area contributed by atoms with E-state index in [4.69, 9.17) is 9.47 Å². The molecule has 0 bridgehead atoms. The summed E-state index contributed by atoms with van der Waals surface area (Å²) < 4.78 is 23.2. The van der Waals surface area contributed by atoms with E-state index in [2.05, 4.69) is 0 Å². The molecule has 2 aromatic carbocycles. The smallest absolute Gasteiger partial charge is 0.351 e. The van der Waals surface area contributed by atoms with Crippen LogP contribution in [0.3, 0.4) is 0 Å². The molecule has 98 valence electrons. The highest BCUT2D eigenvalue weighted by Gasteiger charge is 2.23. The molecular weight excluding hydrogens is 247 g/mol. The van der Waals surface area contributed by atoms with Gasteiger partial charge in [-0.1, -0.05) is 30.3 Å². The quantitative estimate of drug-likeness (QED) is 0.792. The number of rotatable bonds is 4. The fraction of sp³-hybridized carbons (Fsp3) is 0.133. The van der Waals surface area contributed by atoms with Crippen molar-refractivity contribution in [1.29, 1.82) is 0 Å². The third-order valence-corrected chi connectivity index (χ3v) is 2.59. The van der Waals surface area contributed by atoms with E-state index in [1.807, 2.05) is 6.07 Å². The second-order valence-corrected chi connectivity index (χ2v) is 3.89. The molecule has 19 heavy (non-hydrogen) atoms. The minimum Gasteiger partial charge on any atom is -0.474 e. The number of para-hydroxylation sites is 1. The Labute approximate surface area is 110 Å². The molecule has 4 heteroatoms. The molecule has 0 saturated carbocycles. The zero-order chi connectivity index (χ0) is 13.7. The van der Waals surface area contributed by atoms with Gasteiger partial charge in [0, 0.05) is 5.56 Å². The lowest BCUT2D eigenvalue weighted by Crippen LogP contribution is -2.20. The second kappa shape index (κ2) is 6.00. The number of carbonyl (C=O) groups excluding carboxylic acids is 1. The highest BCUT2D eigenvalue weighted by molar-refractivity contribution is 5.76. The summed E-state index contributed by atoms with van der Waals surface area (Å²) in [4.78, 5) is 11.8. The predicted octanol–water partition coefficient (Wildman–Crippen LogP) is 3.12. The number of hydrogen-bond acceptors (Lipinski definition) is 3. The van der Waals surface area contributed by atoms with Crippen molar-refractivity contribution >= 4 is 5.97 Å². The van der Waals surface area contributed by atoms with E-state index < -0.39 is 12.1 Å². The highest BCUT2D eigenvalue weighted by atomic mass is 19.1. The number of esters is 1. The van der Waals surface area contributed by atoms with Crippen LogP contribution < -0.4 is 4.74 Å². The van der Waals surface area contributed by atoms with Crippen LogP contribution in [0.25, 0.3) is 0 Å². The first-order chi connectivity index (χ1) is 9.20. The fourth-order valence-corrected chi connectivity index (χ4v) is 1.63. The molecule has 1 atom stereocenters. The molecule has 0 spiro atoms. The monoisotopic (exact) mass is 260 g/mol. The van der Waals surface area contributed by atoms with E-state index in [-0.39, 0.29) is 5.82 Å². The molecule has 0 fully saturated rings. The van der Waals surface area contributed by atoms with E-state index in [9.17, 15) is 9.18 Å². The average molecular weight is 260 g/mol. The third kappa shape index (κ3) is 3.31. The van der Waals surface area contributed by atoms with Gasteiger partial charge in [0.15, 0.2) is 0 Å². The van der Waals surface area contributed by atoms with Crippen molar-refractivity contribution in [3.8, 4) is 5.75 Å². The molecule has 1 unspecified atom stereocenters. The fourth-order valence-electron chi connectivity index (χ4n) is 1.63. The van der Waals surface area contributed by atoms with Crippen LogP contribution in [0.5, 0.6) is 5.75 Å². The summed E-state index contributed by atoms with van der Waals surface area (Å²) in [6.45, 7) is 0. The van der Waals surface area contributed by atoms with Gasteiger partial charge in [0.25, 0.3) is 0 Å². The largest absolute Gasteiger partial charge is 0.474 e. The summed E-state index contributed by atoms with van der Waals surface area (Å²) in [7, 11) is 1.28. The number of halogens is 1. The normalized spacial score (nSPS) is 11.7. The lowest BCUT2D eigenvalue weighted by atomic mass is 10.1. The Bertz CT molecular complexity index is 537. The predicted molar refractivity (Wildman–Crippen MR) is 68.2 cm³/mol. The van der Waals surface area contributed by atoms with E-state index in [1.165, 1.54) is 31.4 Å². The van der Waals surface area contributed by atoms with Crippen LogP contribution in [0.1, 0.15) is 11.7 Å².